The van der Waals surface area contributed by atoms with E-state index in [1.807, 2.05) is 0 Å². The highest BCUT2D eigenvalue weighted by Crippen LogP contribution is 2.33. The second kappa shape index (κ2) is 7.90. The predicted octanol–water partition coefficient (Wildman–Crippen LogP) is 3.52. The maximum Gasteiger partial charge on any atom is 0.0809 e. The fourth-order valence-electron chi connectivity index (χ4n) is 3.95. The number of thiol groups is 1. The first-order valence-corrected chi connectivity index (χ1v) is 8.82. The summed E-state index contributed by atoms with van der Waals surface area (Å²) in [6, 6.07) is -0.0764. The fourth-order valence-corrected chi connectivity index (χ4v) is 4.47. The Hall–Kier alpha value is 0.270. The van der Waals surface area contributed by atoms with Gasteiger partial charge in [-0.25, -0.2) is 0 Å². The van der Waals surface area contributed by atoms with Gasteiger partial charge in [-0.2, -0.15) is 12.6 Å². The molecule has 2 aliphatic rings. The SMILES string of the molecule is NC(CC1CCCCC1)C(O)C(S)C1CCCCC1. The first-order chi connectivity index (χ1) is 9.18. The number of rotatable bonds is 5. The van der Waals surface area contributed by atoms with Crippen molar-refractivity contribution in [3.63, 3.8) is 0 Å². The van der Waals surface area contributed by atoms with Gasteiger partial charge in [-0.1, -0.05) is 51.4 Å². The first-order valence-electron chi connectivity index (χ1n) is 8.30. The van der Waals surface area contributed by atoms with Gasteiger partial charge in [0.25, 0.3) is 0 Å². The molecule has 2 rings (SSSR count). The van der Waals surface area contributed by atoms with Gasteiger partial charge in [-0.05, 0) is 31.1 Å². The van der Waals surface area contributed by atoms with E-state index in [-0.39, 0.29) is 11.3 Å². The van der Waals surface area contributed by atoms with Crippen LogP contribution in [0.2, 0.25) is 0 Å². The zero-order chi connectivity index (χ0) is 13.7. The first kappa shape index (κ1) is 15.7. The molecule has 3 N–H and O–H groups in total. The average molecular weight is 285 g/mol. The van der Waals surface area contributed by atoms with Gasteiger partial charge >= 0.3 is 0 Å². The minimum Gasteiger partial charge on any atom is -0.390 e. The van der Waals surface area contributed by atoms with E-state index in [4.69, 9.17) is 18.4 Å². The smallest absolute Gasteiger partial charge is 0.0809 e. The summed E-state index contributed by atoms with van der Waals surface area (Å²) in [5.41, 5.74) is 6.26. The van der Waals surface area contributed by atoms with Crippen molar-refractivity contribution in [1.29, 1.82) is 0 Å². The maximum atomic E-state index is 10.5. The third-order valence-corrected chi connectivity index (χ3v) is 5.98. The van der Waals surface area contributed by atoms with Crippen LogP contribution in [0.1, 0.15) is 70.6 Å². The molecule has 0 radical (unpaired) electrons. The van der Waals surface area contributed by atoms with E-state index in [9.17, 15) is 5.11 Å². The van der Waals surface area contributed by atoms with E-state index in [1.54, 1.807) is 0 Å². The van der Waals surface area contributed by atoms with E-state index < -0.39 is 6.10 Å². The Morgan fingerprint density at radius 3 is 2.05 bits per heavy atom. The van der Waals surface area contributed by atoms with Gasteiger partial charge in [0, 0.05) is 11.3 Å². The maximum absolute atomic E-state index is 10.5. The number of hydrogen-bond donors (Lipinski definition) is 3. The monoisotopic (exact) mass is 285 g/mol. The molecular formula is C16H31NOS. The van der Waals surface area contributed by atoms with Gasteiger partial charge < -0.3 is 10.8 Å². The van der Waals surface area contributed by atoms with Crippen LogP contribution in [0.4, 0.5) is 0 Å². The Labute approximate surface area is 123 Å². The number of aliphatic hydroxyl groups excluding tert-OH is 1. The van der Waals surface area contributed by atoms with Crippen LogP contribution in [-0.4, -0.2) is 22.5 Å². The standard InChI is InChI=1S/C16H31NOS/c17-14(11-12-7-3-1-4-8-12)15(18)16(19)13-9-5-2-6-10-13/h12-16,18-19H,1-11,17H2. The molecule has 3 atom stereocenters. The van der Waals surface area contributed by atoms with E-state index in [2.05, 4.69) is 0 Å². The fraction of sp³-hybridized carbons (Fsp3) is 1.00. The molecule has 0 amide bonds. The van der Waals surface area contributed by atoms with Crippen molar-refractivity contribution < 1.29 is 5.11 Å². The number of aliphatic hydroxyl groups is 1. The molecule has 2 nitrogen and oxygen atoms in total. The molecule has 0 spiro atoms. The third kappa shape index (κ3) is 4.64. The van der Waals surface area contributed by atoms with Gasteiger partial charge in [-0.3, -0.25) is 0 Å². The van der Waals surface area contributed by atoms with Crippen LogP contribution in [0.3, 0.4) is 0 Å². The summed E-state index contributed by atoms with van der Waals surface area (Å²) >= 11 is 4.70. The second-order valence-electron chi connectivity index (χ2n) is 6.78. The number of hydrogen-bond acceptors (Lipinski definition) is 3. The molecule has 0 bridgehead atoms. The van der Waals surface area contributed by atoms with Crippen molar-refractivity contribution in [3.05, 3.63) is 0 Å². The minimum atomic E-state index is -0.423. The molecule has 19 heavy (non-hydrogen) atoms. The summed E-state index contributed by atoms with van der Waals surface area (Å²) in [5, 5.41) is 10.6. The normalized spacial score (nSPS) is 27.9. The van der Waals surface area contributed by atoms with Crippen molar-refractivity contribution >= 4 is 12.6 Å². The summed E-state index contributed by atoms with van der Waals surface area (Å²) in [6.45, 7) is 0. The Kier molecular flexibility index (Phi) is 6.51. The van der Waals surface area contributed by atoms with Crippen molar-refractivity contribution in [2.45, 2.75) is 88.0 Å². The highest BCUT2D eigenvalue weighted by Gasteiger charge is 2.31. The zero-order valence-electron chi connectivity index (χ0n) is 12.1. The average Bonchev–Trinajstić information content (AvgIpc) is 2.47. The van der Waals surface area contributed by atoms with Crippen molar-refractivity contribution in [1.82, 2.24) is 0 Å². The predicted molar refractivity (Wildman–Crippen MR) is 84.5 cm³/mol. The Balaban J connectivity index is 1.77. The van der Waals surface area contributed by atoms with Crippen LogP contribution in [0.25, 0.3) is 0 Å². The molecule has 3 heteroatoms. The van der Waals surface area contributed by atoms with Crippen LogP contribution in [0.15, 0.2) is 0 Å². The summed E-state index contributed by atoms with van der Waals surface area (Å²) in [5.74, 6) is 1.31. The second-order valence-corrected chi connectivity index (χ2v) is 7.38. The Morgan fingerprint density at radius 1 is 0.947 bits per heavy atom. The molecule has 0 aromatic carbocycles. The molecule has 0 aliphatic heterocycles. The van der Waals surface area contributed by atoms with Gasteiger partial charge in [0.15, 0.2) is 0 Å². The molecule has 0 aromatic heterocycles. The molecule has 0 aromatic rings. The van der Waals surface area contributed by atoms with Crippen LogP contribution in [-0.2, 0) is 0 Å². The largest absolute Gasteiger partial charge is 0.390 e. The highest BCUT2D eigenvalue weighted by molar-refractivity contribution is 7.81. The summed E-state index contributed by atoms with van der Waals surface area (Å²) in [7, 11) is 0. The van der Waals surface area contributed by atoms with E-state index in [1.165, 1.54) is 64.2 Å². The van der Waals surface area contributed by atoms with Gasteiger partial charge in [0.05, 0.1) is 6.10 Å². The summed E-state index contributed by atoms with van der Waals surface area (Å²) in [4.78, 5) is 0. The molecule has 2 aliphatic carbocycles. The zero-order valence-corrected chi connectivity index (χ0v) is 13.0. The van der Waals surface area contributed by atoms with Crippen LogP contribution < -0.4 is 5.73 Å². The molecule has 112 valence electrons. The van der Waals surface area contributed by atoms with Crippen molar-refractivity contribution in [2.75, 3.05) is 0 Å². The quantitative estimate of drug-likeness (QED) is 0.677. The Bertz CT molecular complexity index is 249. The molecular weight excluding hydrogens is 254 g/mol. The van der Waals surface area contributed by atoms with E-state index in [0.29, 0.717) is 5.92 Å². The highest BCUT2D eigenvalue weighted by atomic mass is 32.1. The molecule has 0 heterocycles. The lowest BCUT2D eigenvalue weighted by atomic mass is 9.80. The molecule has 2 saturated carbocycles. The molecule has 3 unspecified atom stereocenters. The van der Waals surface area contributed by atoms with Crippen molar-refractivity contribution in [2.24, 2.45) is 17.6 Å². The van der Waals surface area contributed by atoms with E-state index >= 15 is 0 Å². The van der Waals surface area contributed by atoms with Crippen LogP contribution in [0, 0.1) is 11.8 Å². The third-order valence-electron chi connectivity index (χ3n) is 5.25. The lowest BCUT2D eigenvalue weighted by Gasteiger charge is -2.34. The Morgan fingerprint density at radius 2 is 1.47 bits per heavy atom. The number of nitrogens with two attached hydrogens (primary N) is 1. The molecule has 0 saturated heterocycles. The van der Waals surface area contributed by atoms with Gasteiger partial charge in [0.1, 0.15) is 0 Å². The summed E-state index contributed by atoms with van der Waals surface area (Å²) in [6.07, 6.45) is 13.6. The molecule has 2 fully saturated rings. The van der Waals surface area contributed by atoms with E-state index in [0.717, 1.165) is 12.3 Å². The van der Waals surface area contributed by atoms with Gasteiger partial charge in [-0.15, -0.1) is 0 Å². The topological polar surface area (TPSA) is 46.2 Å². The van der Waals surface area contributed by atoms with Crippen LogP contribution >= 0.6 is 12.6 Å². The lowest BCUT2D eigenvalue weighted by Crippen LogP contribution is -2.45. The van der Waals surface area contributed by atoms with Gasteiger partial charge in [0.2, 0.25) is 0 Å². The lowest BCUT2D eigenvalue weighted by molar-refractivity contribution is 0.100. The summed E-state index contributed by atoms with van der Waals surface area (Å²) < 4.78 is 0. The van der Waals surface area contributed by atoms with Crippen molar-refractivity contribution in [3.8, 4) is 0 Å². The minimum absolute atomic E-state index is 0.0764. The van der Waals surface area contributed by atoms with Crippen LogP contribution in [0.5, 0.6) is 0 Å².